The minimum atomic E-state index is 0.598. The molecule has 78 valence electrons. The maximum atomic E-state index is 5.63. The second kappa shape index (κ2) is 3.72. The maximum absolute atomic E-state index is 5.63. The Morgan fingerprint density at radius 1 is 1.06 bits per heavy atom. The van der Waals surface area contributed by atoms with Crippen molar-refractivity contribution >= 4 is 27.0 Å². The molecule has 0 N–H and O–H groups in total. The lowest BCUT2D eigenvalue weighted by atomic mass is 10.3. The fourth-order valence-electron chi connectivity index (χ4n) is 1.50. The van der Waals surface area contributed by atoms with Crippen molar-refractivity contribution < 1.29 is 4.42 Å². The number of pyridine rings is 1. The lowest BCUT2D eigenvalue weighted by Crippen LogP contribution is -1.79. The second-order valence-electron chi connectivity index (χ2n) is 3.36. The van der Waals surface area contributed by atoms with Gasteiger partial charge in [0.25, 0.3) is 0 Å². The predicted octanol–water partition coefficient (Wildman–Crippen LogP) is 3.65. The molecule has 0 aliphatic carbocycles. The van der Waals surface area contributed by atoms with Gasteiger partial charge in [-0.05, 0) is 40.2 Å². The molecule has 2 heterocycles. The van der Waals surface area contributed by atoms with Gasteiger partial charge in [-0.15, -0.1) is 0 Å². The van der Waals surface area contributed by atoms with Crippen LogP contribution in [-0.2, 0) is 0 Å². The predicted molar refractivity (Wildman–Crippen MR) is 64.9 cm³/mol. The Hall–Kier alpha value is -1.68. The highest BCUT2D eigenvalue weighted by atomic mass is 79.9. The van der Waals surface area contributed by atoms with Crippen molar-refractivity contribution in [2.75, 3.05) is 0 Å². The van der Waals surface area contributed by atoms with Crippen LogP contribution in [0, 0.1) is 0 Å². The first-order valence-corrected chi connectivity index (χ1v) is 5.60. The van der Waals surface area contributed by atoms with Crippen LogP contribution in [-0.4, -0.2) is 9.97 Å². The summed E-state index contributed by atoms with van der Waals surface area (Å²) in [6, 6.07) is 11.5. The van der Waals surface area contributed by atoms with Gasteiger partial charge in [0.15, 0.2) is 5.58 Å². The van der Waals surface area contributed by atoms with Crippen LogP contribution in [0.5, 0.6) is 0 Å². The summed E-state index contributed by atoms with van der Waals surface area (Å²) in [5.74, 6) is 0.598. The van der Waals surface area contributed by atoms with Gasteiger partial charge >= 0.3 is 0 Å². The number of hydrogen-bond acceptors (Lipinski definition) is 3. The van der Waals surface area contributed by atoms with Crippen LogP contribution in [0.1, 0.15) is 0 Å². The molecule has 4 heteroatoms. The molecule has 0 amide bonds. The van der Waals surface area contributed by atoms with Crippen LogP contribution in [0.4, 0.5) is 0 Å². The smallest absolute Gasteiger partial charge is 0.228 e. The Balaban J connectivity index is 2.15. The molecule has 0 saturated heterocycles. The number of aromatic nitrogens is 2. The van der Waals surface area contributed by atoms with Crippen LogP contribution in [0.2, 0.25) is 0 Å². The highest BCUT2D eigenvalue weighted by Gasteiger charge is 2.07. The molecular formula is C12H7BrN2O. The largest absolute Gasteiger partial charge is 0.436 e. The van der Waals surface area contributed by atoms with Gasteiger partial charge in [0.2, 0.25) is 5.89 Å². The lowest BCUT2D eigenvalue weighted by Gasteiger charge is -1.93. The third kappa shape index (κ3) is 1.61. The van der Waals surface area contributed by atoms with E-state index in [1.165, 1.54) is 0 Å². The standard InChI is InChI=1S/C12H7BrN2O/c13-11-6-5-8(7-14-11)12-15-9-3-1-2-4-10(9)16-12/h1-7H. The van der Waals surface area contributed by atoms with Gasteiger partial charge in [-0.3, -0.25) is 0 Å². The number of oxazole rings is 1. The molecule has 0 radical (unpaired) electrons. The SMILES string of the molecule is Brc1ccc(-c2nc3ccccc3o2)cn1. The molecule has 3 rings (SSSR count). The monoisotopic (exact) mass is 274 g/mol. The summed E-state index contributed by atoms with van der Waals surface area (Å²) in [5, 5.41) is 0. The fourth-order valence-corrected chi connectivity index (χ4v) is 1.73. The molecule has 3 aromatic rings. The summed E-state index contributed by atoms with van der Waals surface area (Å²) in [6.07, 6.45) is 1.73. The number of rotatable bonds is 1. The molecular weight excluding hydrogens is 268 g/mol. The number of nitrogens with zero attached hydrogens (tertiary/aromatic N) is 2. The van der Waals surface area contributed by atoms with Gasteiger partial charge in [0.1, 0.15) is 10.1 Å². The number of benzene rings is 1. The molecule has 3 nitrogen and oxygen atoms in total. The zero-order valence-electron chi connectivity index (χ0n) is 8.22. The van der Waals surface area contributed by atoms with Crippen molar-refractivity contribution in [2.45, 2.75) is 0 Å². The Labute approximate surface area is 100 Å². The first kappa shape index (κ1) is 9.54. The molecule has 0 atom stereocenters. The van der Waals surface area contributed by atoms with E-state index in [1.54, 1.807) is 6.20 Å². The van der Waals surface area contributed by atoms with E-state index in [0.29, 0.717) is 5.89 Å². The number of fused-ring (bicyclic) bond motifs is 1. The Morgan fingerprint density at radius 2 is 1.94 bits per heavy atom. The molecule has 0 fully saturated rings. The lowest BCUT2D eigenvalue weighted by molar-refractivity contribution is 0.619. The summed E-state index contributed by atoms with van der Waals surface area (Å²) in [6.45, 7) is 0. The molecule has 0 aliphatic heterocycles. The van der Waals surface area contributed by atoms with E-state index in [-0.39, 0.29) is 0 Å². The van der Waals surface area contributed by atoms with E-state index in [0.717, 1.165) is 21.3 Å². The molecule has 0 aliphatic rings. The molecule has 2 aromatic heterocycles. The fraction of sp³-hybridized carbons (Fsp3) is 0. The van der Waals surface area contributed by atoms with Crippen molar-refractivity contribution in [3.05, 3.63) is 47.2 Å². The van der Waals surface area contributed by atoms with E-state index < -0.39 is 0 Å². The third-order valence-electron chi connectivity index (χ3n) is 2.27. The summed E-state index contributed by atoms with van der Waals surface area (Å²) in [7, 11) is 0. The van der Waals surface area contributed by atoms with E-state index in [4.69, 9.17) is 4.42 Å². The minimum Gasteiger partial charge on any atom is -0.436 e. The zero-order chi connectivity index (χ0) is 11.0. The van der Waals surface area contributed by atoms with Crippen molar-refractivity contribution in [1.82, 2.24) is 9.97 Å². The van der Waals surface area contributed by atoms with Crippen LogP contribution < -0.4 is 0 Å². The number of hydrogen-bond donors (Lipinski definition) is 0. The maximum Gasteiger partial charge on any atom is 0.228 e. The summed E-state index contributed by atoms with van der Waals surface area (Å²) in [4.78, 5) is 8.53. The van der Waals surface area contributed by atoms with Crippen molar-refractivity contribution in [3.8, 4) is 11.5 Å². The van der Waals surface area contributed by atoms with Gasteiger partial charge in [-0.2, -0.15) is 0 Å². The van der Waals surface area contributed by atoms with E-state index in [2.05, 4.69) is 25.9 Å². The topological polar surface area (TPSA) is 38.9 Å². The Morgan fingerprint density at radius 3 is 2.69 bits per heavy atom. The summed E-state index contributed by atoms with van der Waals surface area (Å²) >= 11 is 3.29. The second-order valence-corrected chi connectivity index (χ2v) is 4.17. The Bertz CT molecular complexity index is 598. The van der Waals surface area contributed by atoms with Crippen LogP contribution in [0.3, 0.4) is 0 Å². The van der Waals surface area contributed by atoms with Crippen LogP contribution in [0.25, 0.3) is 22.6 Å². The molecule has 0 spiro atoms. The normalized spacial score (nSPS) is 10.8. The molecule has 0 saturated carbocycles. The zero-order valence-corrected chi connectivity index (χ0v) is 9.81. The quantitative estimate of drug-likeness (QED) is 0.636. The van der Waals surface area contributed by atoms with E-state index in [1.807, 2.05) is 36.4 Å². The van der Waals surface area contributed by atoms with Crippen molar-refractivity contribution in [3.63, 3.8) is 0 Å². The third-order valence-corrected chi connectivity index (χ3v) is 2.74. The summed E-state index contributed by atoms with van der Waals surface area (Å²) < 4.78 is 6.43. The van der Waals surface area contributed by atoms with Gasteiger partial charge in [0, 0.05) is 6.20 Å². The molecule has 16 heavy (non-hydrogen) atoms. The van der Waals surface area contributed by atoms with E-state index >= 15 is 0 Å². The van der Waals surface area contributed by atoms with Gasteiger partial charge in [-0.1, -0.05) is 12.1 Å². The molecule has 1 aromatic carbocycles. The van der Waals surface area contributed by atoms with E-state index in [9.17, 15) is 0 Å². The van der Waals surface area contributed by atoms with Gasteiger partial charge in [0.05, 0.1) is 5.56 Å². The average molecular weight is 275 g/mol. The van der Waals surface area contributed by atoms with Gasteiger partial charge < -0.3 is 4.42 Å². The van der Waals surface area contributed by atoms with Crippen LogP contribution in [0.15, 0.2) is 51.6 Å². The van der Waals surface area contributed by atoms with Crippen molar-refractivity contribution in [2.24, 2.45) is 0 Å². The highest BCUT2D eigenvalue weighted by Crippen LogP contribution is 2.23. The number of para-hydroxylation sites is 2. The first-order chi connectivity index (χ1) is 7.83. The average Bonchev–Trinajstić information content (AvgIpc) is 2.73. The minimum absolute atomic E-state index is 0.598. The number of halogens is 1. The molecule has 0 unspecified atom stereocenters. The summed E-state index contributed by atoms with van der Waals surface area (Å²) in [5.41, 5.74) is 2.53. The van der Waals surface area contributed by atoms with Gasteiger partial charge in [-0.25, -0.2) is 9.97 Å². The Kier molecular flexibility index (Phi) is 2.22. The van der Waals surface area contributed by atoms with Crippen molar-refractivity contribution in [1.29, 1.82) is 0 Å². The highest BCUT2D eigenvalue weighted by molar-refractivity contribution is 9.10. The van der Waals surface area contributed by atoms with Crippen LogP contribution >= 0.6 is 15.9 Å². The molecule has 0 bridgehead atoms. The first-order valence-electron chi connectivity index (χ1n) is 4.80.